The van der Waals surface area contributed by atoms with Gasteiger partial charge in [0.1, 0.15) is 5.82 Å². The average molecular weight is 195 g/mol. The Morgan fingerprint density at radius 1 is 1.43 bits per heavy atom. The van der Waals surface area contributed by atoms with Crippen LogP contribution in [0.15, 0.2) is 12.3 Å². The molecule has 1 rings (SSSR count). The van der Waals surface area contributed by atoms with E-state index in [1.807, 2.05) is 13.0 Å². The largest absolute Gasteiger partial charge is 0.381 e. The number of rotatable bonds is 6. The van der Waals surface area contributed by atoms with Crippen LogP contribution in [0.25, 0.3) is 0 Å². The second-order valence-corrected chi connectivity index (χ2v) is 2.95. The quantitative estimate of drug-likeness (QED) is 0.674. The van der Waals surface area contributed by atoms with E-state index in [-0.39, 0.29) is 0 Å². The third-order valence-electron chi connectivity index (χ3n) is 1.84. The van der Waals surface area contributed by atoms with E-state index >= 15 is 0 Å². The monoisotopic (exact) mass is 195 g/mol. The summed E-state index contributed by atoms with van der Waals surface area (Å²) in [4.78, 5) is 8.52. The van der Waals surface area contributed by atoms with Gasteiger partial charge in [0.05, 0.1) is 6.61 Å². The van der Waals surface area contributed by atoms with Gasteiger partial charge in [-0.3, -0.25) is 0 Å². The molecule has 4 nitrogen and oxygen atoms in total. The Bertz CT molecular complexity index is 265. The molecule has 0 amide bonds. The van der Waals surface area contributed by atoms with Crippen molar-refractivity contribution in [2.24, 2.45) is 5.73 Å². The highest BCUT2D eigenvalue weighted by molar-refractivity contribution is 5.02. The minimum Gasteiger partial charge on any atom is -0.381 e. The van der Waals surface area contributed by atoms with Crippen LogP contribution in [0.5, 0.6) is 0 Å². The fourth-order valence-corrected chi connectivity index (χ4v) is 1.16. The molecule has 0 unspecified atom stereocenters. The summed E-state index contributed by atoms with van der Waals surface area (Å²) < 4.78 is 5.23. The van der Waals surface area contributed by atoms with E-state index in [2.05, 4.69) is 9.97 Å². The van der Waals surface area contributed by atoms with E-state index in [1.165, 1.54) is 0 Å². The van der Waals surface area contributed by atoms with Crippen LogP contribution in [0.3, 0.4) is 0 Å². The van der Waals surface area contributed by atoms with Crippen molar-refractivity contribution in [2.45, 2.75) is 19.8 Å². The van der Waals surface area contributed by atoms with Crippen LogP contribution < -0.4 is 5.73 Å². The van der Waals surface area contributed by atoms with Gasteiger partial charge >= 0.3 is 0 Å². The summed E-state index contributed by atoms with van der Waals surface area (Å²) in [5, 5.41) is 0. The van der Waals surface area contributed by atoms with Crippen LogP contribution in [0.4, 0.5) is 0 Å². The maximum atomic E-state index is 5.45. The van der Waals surface area contributed by atoms with Crippen LogP contribution in [-0.2, 0) is 17.6 Å². The lowest BCUT2D eigenvalue weighted by Crippen LogP contribution is -2.08. The normalized spacial score (nSPS) is 10.4. The zero-order valence-electron chi connectivity index (χ0n) is 8.57. The van der Waals surface area contributed by atoms with Crippen molar-refractivity contribution in [3.05, 3.63) is 23.8 Å². The fraction of sp³-hybridized carbons (Fsp3) is 0.600. The van der Waals surface area contributed by atoms with E-state index in [4.69, 9.17) is 10.5 Å². The van der Waals surface area contributed by atoms with E-state index in [9.17, 15) is 0 Å². The molecule has 0 aliphatic rings. The Morgan fingerprint density at radius 2 is 2.29 bits per heavy atom. The summed E-state index contributed by atoms with van der Waals surface area (Å²) in [6.07, 6.45) is 3.36. The van der Waals surface area contributed by atoms with E-state index < -0.39 is 0 Å². The fourth-order valence-electron chi connectivity index (χ4n) is 1.16. The zero-order chi connectivity index (χ0) is 10.2. The number of aromatic nitrogens is 2. The predicted octanol–water partition coefficient (Wildman–Crippen LogP) is 0.557. The summed E-state index contributed by atoms with van der Waals surface area (Å²) in [5.41, 5.74) is 6.46. The van der Waals surface area contributed by atoms with Crippen LogP contribution in [0, 0.1) is 0 Å². The Hall–Kier alpha value is -1.00. The van der Waals surface area contributed by atoms with Crippen molar-refractivity contribution in [1.82, 2.24) is 9.97 Å². The van der Waals surface area contributed by atoms with Crippen LogP contribution in [-0.4, -0.2) is 29.7 Å². The maximum absolute atomic E-state index is 5.45. The van der Waals surface area contributed by atoms with Crippen LogP contribution >= 0.6 is 0 Å². The van der Waals surface area contributed by atoms with Gasteiger partial charge in [0, 0.05) is 31.3 Å². The standard InChI is InChI=1S/C10H17N3O/c1-2-14-8-5-10-12-7-4-9(13-10)3-6-11/h4,7H,2-3,5-6,8,11H2,1H3. The molecule has 0 fully saturated rings. The average Bonchev–Trinajstić information content (AvgIpc) is 2.19. The molecule has 0 bridgehead atoms. The molecule has 0 radical (unpaired) electrons. The molecule has 1 aromatic rings. The minimum absolute atomic E-state index is 0.627. The summed E-state index contributed by atoms with van der Waals surface area (Å²) >= 11 is 0. The smallest absolute Gasteiger partial charge is 0.130 e. The molecule has 0 saturated heterocycles. The molecule has 0 spiro atoms. The Balaban J connectivity index is 2.46. The highest BCUT2D eigenvalue weighted by Gasteiger charge is 1.98. The molecule has 78 valence electrons. The predicted molar refractivity (Wildman–Crippen MR) is 55.0 cm³/mol. The number of nitrogens with zero attached hydrogens (tertiary/aromatic N) is 2. The zero-order valence-corrected chi connectivity index (χ0v) is 8.57. The Labute approximate surface area is 84.5 Å². The Morgan fingerprint density at radius 3 is 3.00 bits per heavy atom. The third-order valence-corrected chi connectivity index (χ3v) is 1.84. The maximum Gasteiger partial charge on any atom is 0.130 e. The second-order valence-electron chi connectivity index (χ2n) is 2.95. The first-order valence-electron chi connectivity index (χ1n) is 4.95. The van der Waals surface area contributed by atoms with Gasteiger partial charge in [-0.15, -0.1) is 0 Å². The van der Waals surface area contributed by atoms with Gasteiger partial charge in [-0.1, -0.05) is 0 Å². The Kier molecular flexibility index (Phi) is 5.11. The lowest BCUT2D eigenvalue weighted by atomic mass is 10.3. The molecule has 1 aromatic heterocycles. The van der Waals surface area contributed by atoms with E-state index in [0.29, 0.717) is 13.2 Å². The molecule has 0 aliphatic heterocycles. The van der Waals surface area contributed by atoms with E-state index in [0.717, 1.165) is 31.0 Å². The van der Waals surface area contributed by atoms with Gasteiger partial charge in [-0.05, 0) is 19.5 Å². The molecular weight excluding hydrogens is 178 g/mol. The second kappa shape index (κ2) is 6.45. The van der Waals surface area contributed by atoms with Crippen molar-refractivity contribution in [2.75, 3.05) is 19.8 Å². The molecular formula is C10H17N3O. The molecule has 4 heteroatoms. The molecule has 1 heterocycles. The van der Waals surface area contributed by atoms with Gasteiger partial charge in [-0.2, -0.15) is 0 Å². The molecule has 14 heavy (non-hydrogen) atoms. The highest BCUT2D eigenvalue weighted by Crippen LogP contribution is 1.97. The van der Waals surface area contributed by atoms with Gasteiger partial charge in [-0.25, -0.2) is 9.97 Å². The van der Waals surface area contributed by atoms with E-state index in [1.54, 1.807) is 6.20 Å². The van der Waals surface area contributed by atoms with Gasteiger partial charge < -0.3 is 10.5 Å². The summed E-state index contributed by atoms with van der Waals surface area (Å²) in [6, 6.07) is 1.90. The van der Waals surface area contributed by atoms with Crippen molar-refractivity contribution >= 4 is 0 Å². The SMILES string of the molecule is CCOCCc1nccc(CCN)n1. The number of hydrogen-bond acceptors (Lipinski definition) is 4. The molecule has 0 saturated carbocycles. The van der Waals surface area contributed by atoms with Gasteiger partial charge in [0.2, 0.25) is 0 Å². The number of nitrogens with two attached hydrogens (primary N) is 1. The first kappa shape index (κ1) is 11.1. The number of hydrogen-bond donors (Lipinski definition) is 1. The lowest BCUT2D eigenvalue weighted by molar-refractivity contribution is 0.149. The summed E-state index contributed by atoms with van der Waals surface area (Å²) in [5.74, 6) is 0.837. The van der Waals surface area contributed by atoms with Crippen molar-refractivity contribution in [3.63, 3.8) is 0 Å². The van der Waals surface area contributed by atoms with Crippen molar-refractivity contribution in [1.29, 1.82) is 0 Å². The van der Waals surface area contributed by atoms with Crippen molar-refractivity contribution in [3.8, 4) is 0 Å². The lowest BCUT2D eigenvalue weighted by Gasteiger charge is -2.02. The molecule has 0 atom stereocenters. The van der Waals surface area contributed by atoms with Gasteiger partial charge in [0.15, 0.2) is 0 Å². The van der Waals surface area contributed by atoms with Crippen molar-refractivity contribution < 1.29 is 4.74 Å². The first-order chi connectivity index (χ1) is 6.86. The molecule has 0 aliphatic carbocycles. The summed E-state index contributed by atoms with van der Waals surface area (Å²) in [7, 11) is 0. The summed E-state index contributed by atoms with van der Waals surface area (Å²) in [6.45, 7) is 4.03. The number of ether oxygens (including phenoxy) is 1. The topological polar surface area (TPSA) is 61.0 Å². The molecule has 0 aromatic carbocycles. The minimum atomic E-state index is 0.627. The molecule has 2 N–H and O–H groups in total. The highest BCUT2D eigenvalue weighted by atomic mass is 16.5. The van der Waals surface area contributed by atoms with Crippen LogP contribution in [0.2, 0.25) is 0 Å². The third kappa shape index (κ3) is 3.81. The van der Waals surface area contributed by atoms with Crippen LogP contribution in [0.1, 0.15) is 18.4 Å². The first-order valence-corrected chi connectivity index (χ1v) is 4.95. The van der Waals surface area contributed by atoms with Gasteiger partial charge in [0.25, 0.3) is 0 Å².